The van der Waals surface area contributed by atoms with Crippen LogP contribution in [0.25, 0.3) is 6.08 Å². The summed E-state index contributed by atoms with van der Waals surface area (Å²) in [5.41, 5.74) is 3.51. The van der Waals surface area contributed by atoms with Crippen LogP contribution in [-0.4, -0.2) is 17.5 Å². The zero-order chi connectivity index (χ0) is 14.7. The van der Waals surface area contributed by atoms with E-state index in [0.717, 1.165) is 22.6 Å². The lowest BCUT2D eigenvalue weighted by Gasteiger charge is -2.17. The average Bonchev–Trinajstić information content (AvgIpc) is 2.53. The number of hydrogen-bond donors (Lipinski definition) is 1. The van der Waals surface area contributed by atoms with Crippen LogP contribution in [0, 0.1) is 6.92 Å². The Labute approximate surface area is 123 Å². The molecule has 0 atom stereocenters. The minimum absolute atomic E-state index is 0.106. The molecule has 0 bridgehead atoms. The van der Waals surface area contributed by atoms with Crippen LogP contribution < -0.4 is 10.1 Å². The minimum atomic E-state index is -0.106. The van der Waals surface area contributed by atoms with E-state index in [1.165, 1.54) is 0 Å². The maximum atomic E-state index is 12.2. The molecule has 1 aliphatic rings. The molecule has 1 aromatic heterocycles. The van der Waals surface area contributed by atoms with Gasteiger partial charge in [-0.25, -0.2) is 0 Å². The number of aryl methyl sites for hydroxylation is 1. The zero-order valence-electron chi connectivity index (χ0n) is 11.8. The van der Waals surface area contributed by atoms with Gasteiger partial charge in [-0.1, -0.05) is 24.3 Å². The van der Waals surface area contributed by atoms with Crippen molar-refractivity contribution in [3.8, 4) is 5.75 Å². The van der Waals surface area contributed by atoms with Gasteiger partial charge in [-0.2, -0.15) is 0 Å². The monoisotopic (exact) mass is 280 g/mol. The van der Waals surface area contributed by atoms with Gasteiger partial charge in [0.25, 0.3) is 5.91 Å². The molecular weight excluding hydrogens is 264 g/mol. The van der Waals surface area contributed by atoms with Crippen LogP contribution in [0.2, 0.25) is 0 Å². The second-order valence-corrected chi connectivity index (χ2v) is 4.99. The summed E-state index contributed by atoms with van der Waals surface area (Å²) >= 11 is 0. The fourth-order valence-corrected chi connectivity index (χ4v) is 2.15. The standard InChI is InChI=1S/C17H16N2O2/c1-12-6-7-13(9-18-12)10-19-17(20)15-8-14-4-2-3-5-16(14)21-11-15/h2-9H,10-11H2,1H3,(H,19,20). The van der Waals surface area contributed by atoms with Gasteiger partial charge in [0.2, 0.25) is 0 Å². The Hall–Kier alpha value is -2.62. The molecule has 1 aliphatic heterocycles. The van der Waals surface area contributed by atoms with Gasteiger partial charge < -0.3 is 10.1 Å². The largest absolute Gasteiger partial charge is 0.488 e. The summed E-state index contributed by atoms with van der Waals surface area (Å²) in [7, 11) is 0. The summed E-state index contributed by atoms with van der Waals surface area (Å²) < 4.78 is 5.58. The van der Waals surface area contributed by atoms with Crippen LogP contribution in [0.5, 0.6) is 5.75 Å². The van der Waals surface area contributed by atoms with Gasteiger partial charge in [0.05, 0.1) is 5.57 Å². The molecule has 0 fully saturated rings. The summed E-state index contributed by atoms with van der Waals surface area (Å²) in [6.45, 7) is 2.70. The highest BCUT2D eigenvalue weighted by Crippen LogP contribution is 2.25. The molecule has 2 aromatic rings. The lowest BCUT2D eigenvalue weighted by molar-refractivity contribution is -0.117. The van der Waals surface area contributed by atoms with Crippen molar-refractivity contribution in [3.05, 3.63) is 65.0 Å². The van der Waals surface area contributed by atoms with E-state index < -0.39 is 0 Å². The highest BCUT2D eigenvalue weighted by molar-refractivity contribution is 5.99. The van der Waals surface area contributed by atoms with Gasteiger partial charge in [-0.05, 0) is 30.7 Å². The molecule has 21 heavy (non-hydrogen) atoms. The molecule has 0 spiro atoms. The smallest absolute Gasteiger partial charge is 0.250 e. The lowest BCUT2D eigenvalue weighted by atomic mass is 10.1. The number of benzene rings is 1. The Kier molecular flexibility index (Phi) is 3.69. The van der Waals surface area contributed by atoms with E-state index in [-0.39, 0.29) is 5.91 Å². The predicted octanol–water partition coefficient (Wildman–Crippen LogP) is 2.48. The first-order chi connectivity index (χ1) is 10.2. The quantitative estimate of drug-likeness (QED) is 0.939. The normalized spacial score (nSPS) is 12.9. The molecule has 0 saturated heterocycles. The van der Waals surface area contributed by atoms with E-state index in [1.54, 1.807) is 6.20 Å². The Morgan fingerprint density at radius 2 is 2.14 bits per heavy atom. The topological polar surface area (TPSA) is 51.2 Å². The zero-order valence-corrected chi connectivity index (χ0v) is 11.8. The maximum Gasteiger partial charge on any atom is 0.250 e. The minimum Gasteiger partial charge on any atom is -0.488 e. The fraction of sp³-hybridized carbons (Fsp3) is 0.176. The predicted molar refractivity (Wildman–Crippen MR) is 80.7 cm³/mol. The van der Waals surface area contributed by atoms with E-state index in [9.17, 15) is 4.79 Å². The molecule has 2 heterocycles. The Bertz CT molecular complexity index is 690. The van der Waals surface area contributed by atoms with Crippen LogP contribution in [0.4, 0.5) is 0 Å². The number of para-hydroxylation sites is 1. The van der Waals surface area contributed by atoms with Crippen LogP contribution >= 0.6 is 0 Å². The van der Waals surface area contributed by atoms with Crippen molar-refractivity contribution in [2.24, 2.45) is 0 Å². The van der Waals surface area contributed by atoms with Crippen LogP contribution in [-0.2, 0) is 11.3 Å². The summed E-state index contributed by atoms with van der Waals surface area (Å²) in [6, 6.07) is 11.6. The van der Waals surface area contributed by atoms with Crippen LogP contribution in [0.15, 0.2) is 48.2 Å². The summed E-state index contributed by atoms with van der Waals surface area (Å²) in [4.78, 5) is 16.4. The number of rotatable bonds is 3. The third kappa shape index (κ3) is 3.11. The number of aromatic nitrogens is 1. The van der Waals surface area contributed by atoms with Gasteiger partial charge in [-0.3, -0.25) is 9.78 Å². The van der Waals surface area contributed by atoms with Gasteiger partial charge in [0.1, 0.15) is 12.4 Å². The van der Waals surface area contributed by atoms with E-state index in [4.69, 9.17) is 4.74 Å². The van der Waals surface area contributed by atoms with Crippen molar-refractivity contribution in [1.82, 2.24) is 10.3 Å². The first-order valence-electron chi connectivity index (χ1n) is 6.84. The van der Waals surface area contributed by atoms with Crippen LogP contribution in [0.1, 0.15) is 16.8 Å². The summed E-state index contributed by atoms with van der Waals surface area (Å²) in [5, 5.41) is 2.89. The highest BCUT2D eigenvalue weighted by Gasteiger charge is 2.16. The number of hydrogen-bond acceptors (Lipinski definition) is 3. The number of fused-ring (bicyclic) bond motifs is 1. The highest BCUT2D eigenvalue weighted by atomic mass is 16.5. The molecule has 1 N–H and O–H groups in total. The first-order valence-corrected chi connectivity index (χ1v) is 6.84. The molecule has 0 aliphatic carbocycles. The number of carbonyl (C=O) groups is 1. The number of pyridine rings is 1. The van der Waals surface area contributed by atoms with Crippen molar-refractivity contribution in [2.75, 3.05) is 6.61 Å². The Morgan fingerprint density at radius 3 is 2.95 bits per heavy atom. The fourth-order valence-electron chi connectivity index (χ4n) is 2.15. The number of nitrogens with one attached hydrogen (secondary N) is 1. The molecule has 0 saturated carbocycles. The van der Waals surface area contributed by atoms with Gasteiger partial charge in [0.15, 0.2) is 0 Å². The van der Waals surface area contributed by atoms with Crippen LogP contribution in [0.3, 0.4) is 0 Å². The molecule has 1 aromatic carbocycles. The molecule has 4 heteroatoms. The van der Waals surface area contributed by atoms with E-state index in [1.807, 2.05) is 49.4 Å². The Morgan fingerprint density at radius 1 is 1.29 bits per heavy atom. The summed E-state index contributed by atoms with van der Waals surface area (Å²) in [5.74, 6) is 0.710. The first kappa shape index (κ1) is 13.4. The van der Waals surface area contributed by atoms with Crippen molar-refractivity contribution < 1.29 is 9.53 Å². The molecule has 106 valence electrons. The molecular formula is C17H16N2O2. The number of carbonyl (C=O) groups excluding carboxylic acids is 1. The third-order valence-corrected chi connectivity index (χ3v) is 3.35. The molecule has 0 radical (unpaired) electrons. The molecule has 3 rings (SSSR count). The van der Waals surface area contributed by atoms with Crippen molar-refractivity contribution in [2.45, 2.75) is 13.5 Å². The van der Waals surface area contributed by atoms with Gasteiger partial charge >= 0.3 is 0 Å². The average molecular weight is 280 g/mol. The van der Waals surface area contributed by atoms with Gasteiger partial charge in [0, 0.05) is 24.0 Å². The van der Waals surface area contributed by atoms with Gasteiger partial charge in [-0.15, -0.1) is 0 Å². The SMILES string of the molecule is Cc1ccc(CNC(=O)C2=Cc3ccccc3OC2)cn1. The van der Waals surface area contributed by atoms with E-state index in [0.29, 0.717) is 18.7 Å². The number of nitrogens with zero attached hydrogens (tertiary/aromatic N) is 1. The molecule has 1 amide bonds. The van der Waals surface area contributed by atoms with Crippen molar-refractivity contribution >= 4 is 12.0 Å². The lowest BCUT2D eigenvalue weighted by Crippen LogP contribution is -2.28. The second kappa shape index (κ2) is 5.79. The van der Waals surface area contributed by atoms with Crippen molar-refractivity contribution in [3.63, 3.8) is 0 Å². The Balaban J connectivity index is 1.66. The van der Waals surface area contributed by atoms with E-state index in [2.05, 4.69) is 10.3 Å². The molecule has 4 nitrogen and oxygen atoms in total. The number of amides is 1. The maximum absolute atomic E-state index is 12.2. The van der Waals surface area contributed by atoms with Crippen molar-refractivity contribution in [1.29, 1.82) is 0 Å². The third-order valence-electron chi connectivity index (χ3n) is 3.35. The number of ether oxygens (including phenoxy) is 1. The van der Waals surface area contributed by atoms with E-state index >= 15 is 0 Å². The summed E-state index contributed by atoms with van der Waals surface area (Å²) in [6.07, 6.45) is 3.65. The second-order valence-electron chi connectivity index (χ2n) is 4.99. The molecule has 0 unspecified atom stereocenters.